The molecule has 0 aromatic rings. The molecule has 3 fully saturated rings. The van der Waals surface area contributed by atoms with Crippen molar-refractivity contribution in [3.05, 3.63) is 6.54 Å². The monoisotopic (exact) mass is 98.1 g/mol. The van der Waals surface area contributed by atoms with Crippen molar-refractivity contribution in [3.8, 4) is 0 Å². The highest BCUT2D eigenvalue weighted by Crippen LogP contribution is 2.24. The zero-order chi connectivity index (χ0) is 4.69. The minimum absolute atomic E-state index is 0.443. The third-order valence-electron chi connectivity index (χ3n) is 1.51. The van der Waals surface area contributed by atoms with Gasteiger partial charge in [0.2, 0.25) is 0 Å². The molecule has 2 unspecified atom stereocenters. The Morgan fingerprint density at radius 1 is 1.71 bits per heavy atom. The number of nitrogens with one attached hydrogen (secondary N) is 1. The molecule has 2 atom stereocenters. The van der Waals surface area contributed by atoms with Crippen molar-refractivity contribution in [2.45, 2.75) is 18.6 Å². The molecular formula is C5H8NO. The third-order valence-corrected chi connectivity index (χ3v) is 1.51. The molecule has 2 bridgehead atoms. The van der Waals surface area contributed by atoms with Crippen LogP contribution in [0.2, 0.25) is 0 Å². The summed E-state index contributed by atoms with van der Waals surface area (Å²) in [7, 11) is 0. The molecule has 2 nitrogen and oxygen atoms in total. The van der Waals surface area contributed by atoms with Crippen LogP contribution in [0.15, 0.2) is 0 Å². The van der Waals surface area contributed by atoms with E-state index in [0.717, 1.165) is 6.54 Å². The van der Waals surface area contributed by atoms with Gasteiger partial charge in [-0.25, -0.2) is 0 Å². The lowest BCUT2D eigenvalue weighted by atomic mass is 10.0. The quantitative estimate of drug-likeness (QED) is 0.457. The van der Waals surface area contributed by atoms with Gasteiger partial charge in [0.25, 0.3) is 0 Å². The molecule has 0 amide bonds. The van der Waals surface area contributed by atoms with Crippen LogP contribution in [-0.2, 0) is 4.74 Å². The summed E-state index contributed by atoms with van der Waals surface area (Å²) in [6, 6.07) is 0. The Kier molecular flexibility index (Phi) is 0.664. The van der Waals surface area contributed by atoms with Gasteiger partial charge in [0.15, 0.2) is 0 Å². The fourth-order valence-corrected chi connectivity index (χ4v) is 1.06. The van der Waals surface area contributed by atoms with Crippen molar-refractivity contribution in [1.29, 1.82) is 0 Å². The summed E-state index contributed by atoms with van der Waals surface area (Å²) in [5, 5.41) is 3.13. The van der Waals surface area contributed by atoms with E-state index in [1.807, 2.05) is 6.54 Å². The van der Waals surface area contributed by atoms with E-state index in [2.05, 4.69) is 5.32 Å². The molecule has 3 aliphatic heterocycles. The molecular weight excluding hydrogens is 90.1 g/mol. The van der Waals surface area contributed by atoms with Crippen molar-refractivity contribution in [1.82, 2.24) is 5.32 Å². The second-order valence-corrected chi connectivity index (χ2v) is 2.11. The number of rotatable bonds is 0. The largest absolute Gasteiger partial charge is 0.372 e. The van der Waals surface area contributed by atoms with Gasteiger partial charge in [0, 0.05) is 13.0 Å². The van der Waals surface area contributed by atoms with Crippen molar-refractivity contribution < 1.29 is 4.74 Å². The zero-order valence-electron chi connectivity index (χ0n) is 4.05. The molecule has 0 saturated carbocycles. The van der Waals surface area contributed by atoms with Gasteiger partial charge in [0.1, 0.15) is 0 Å². The standard InChI is InChI=1S/C5H8NO/c1-4-2-6-3-5(1)7-4/h2,4-6H,1,3H2. The summed E-state index contributed by atoms with van der Waals surface area (Å²) in [4.78, 5) is 0. The fraction of sp³-hybridized carbons (Fsp3) is 0.800. The van der Waals surface area contributed by atoms with Crippen LogP contribution < -0.4 is 5.32 Å². The normalized spacial score (nSPS) is 48.0. The lowest BCUT2D eigenvalue weighted by Crippen LogP contribution is -2.52. The molecule has 3 rings (SSSR count). The van der Waals surface area contributed by atoms with Gasteiger partial charge < -0.3 is 10.1 Å². The number of fused-ring (bicyclic) bond motifs is 2. The Morgan fingerprint density at radius 2 is 2.57 bits per heavy atom. The first-order valence-corrected chi connectivity index (χ1v) is 2.67. The van der Waals surface area contributed by atoms with Crippen LogP contribution in [0, 0.1) is 6.54 Å². The molecule has 0 aromatic carbocycles. The molecule has 7 heavy (non-hydrogen) atoms. The third kappa shape index (κ3) is 0.469. The molecule has 2 heteroatoms. The average molecular weight is 98.1 g/mol. The Bertz CT molecular complexity index is 64.6. The summed E-state index contributed by atoms with van der Waals surface area (Å²) >= 11 is 0. The number of morpholine rings is 1. The molecule has 1 radical (unpaired) electrons. The zero-order valence-corrected chi connectivity index (χ0v) is 4.05. The van der Waals surface area contributed by atoms with Gasteiger partial charge in [0.05, 0.1) is 18.8 Å². The highest BCUT2D eigenvalue weighted by molar-refractivity contribution is 4.93. The van der Waals surface area contributed by atoms with Gasteiger partial charge in [-0.3, -0.25) is 0 Å². The van der Waals surface area contributed by atoms with Crippen LogP contribution in [0.4, 0.5) is 0 Å². The molecule has 3 saturated heterocycles. The molecule has 0 spiro atoms. The van der Waals surface area contributed by atoms with Gasteiger partial charge in [-0.15, -0.1) is 0 Å². The van der Waals surface area contributed by atoms with Crippen LogP contribution >= 0.6 is 0 Å². The van der Waals surface area contributed by atoms with E-state index >= 15 is 0 Å². The molecule has 3 heterocycles. The van der Waals surface area contributed by atoms with Gasteiger partial charge in [-0.05, 0) is 0 Å². The van der Waals surface area contributed by atoms with Crippen LogP contribution in [0.25, 0.3) is 0 Å². The Hall–Kier alpha value is -0.0800. The lowest BCUT2D eigenvalue weighted by Gasteiger charge is -2.41. The highest BCUT2D eigenvalue weighted by Gasteiger charge is 2.33. The van der Waals surface area contributed by atoms with Gasteiger partial charge >= 0.3 is 0 Å². The minimum Gasteiger partial charge on any atom is -0.372 e. The number of hydrogen-bond donors (Lipinski definition) is 1. The summed E-state index contributed by atoms with van der Waals surface area (Å²) in [6.45, 7) is 3.05. The van der Waals surface area contributed by atoms with Crippen LogP contribution in [0.5, 0.6) is 0 Å². The lowest BCUT2D eigenvalue weighted by molar-refractivity contribution is -0.126. The van der Waals surface area contributed by atoms with Gasteiger partial charge in [-0.2, -0.15) is 0 Å². The summed E-state index contributed by atoms with van der Waals surface area (Å²) in [6.07, 6.45) is 2.22. The van der Waals surface area contributed by atoms with E-state index in [-0.39, 0.29) is 0 Å². The van der Waals surface area contributed by atoms with E-state index in [9.17, 15) is 0 Å². The maximum absolute atomic E-state index is 5.26. The van der Waals surface area contributed by atoms with Crippen LogP contribution in [-0.4, -0.2) is 18.8 Å². The van der Waals surface area contributed by atoms with Crippen LogP contribution in [0.1, 0.15) is 6.42 Å². The van der Waals surface area contributed by atoms with E-state index in [0.29, 0.717) is 12.2 Å². The van der Waals surface area contributed by atoms with Crippen molar-refractivity contribution in [3.63, 3.8) is 0 Å². The maximum Gasteiger partial charge on any atom is 0.0773 e. The SMILES string of the molecule is [CH]1NCC2CC1O2. The second-order valence-electron chi connectivity index (χ2n) is 2.11. The van der Waals surface area contributed by atoms with Crippen molar-refractivity contribution in [2.75, 3.05) is 6.54 Å². The van der Waals surface area contributed by atoms with E-state index in [1.54, 1.807) is 0 Å². The fourth-order valence-electron chi connectivity index (χ4n) is 1.06. The predicted molar refractivity (Wildman–Crippen MR) is 25.6 cm³/mol. The van der Waals surface area contributed by atoms with Crippen molar-refractivity contribution in [2.24, 2.45) is 0 Å². The van der Waals surface area contributed by atoms with E-state index < -0.39 is 0 Å². The molecule has 1 N–H and O–H groups in total. The van der Waals surface area contributed by atoms with E-state index in [1.165, 1.54) is 6.42 Å². The summed E-state index contributed by atoms with van der Waals surface area (Å²) in [5.41, 5.74) is 0. The van der Waals surface area contributed by atoms with E-state index in [4.69, 9.17) is 4.74 Å². The Morgan fingerprint density at radius 3 is 2.71 bits per heavy atom. The predicted octanol–water partition coefficient (Wildman–Crippen LogP) is -0.0911. The van der Waals surface area contributed by atoms with Gasteiger partial charge in [-0.1, -0.05) is 0 Å². The van der Waals surface area contributed by atoms with Crippen LogP contribution in [0.3, 0.4) is 0 Å². The number of piperidine rings is 1. The molecule has 3 aliphatic rings. The minimum atomic E-state index is 0.443. The maximum atomic E-state index is 5.26. The number of hydrogen-bond acceptors (Lipinski definition) is 2. The topological polar surface area (TPSA) is 21.3 Å². The molecule has 39 valence electrons. The Balaban J connectivity index is 1.99. The number of ether oxygens (including phenoxy) is 1. The molecule has 0 aromatic heterocycles. The smallest absolute Gasteiger partial charge is 0.0773 e. The average Bonchev–Trinajstić information content (AvgIpc) is 1.67. The summed E-state index contributed by atoms with van der Waals surface area (Å²) in [5.74, 6) is 0. The Labute approximate surface area is 42.9 Å². The highest BCUT2D eigenvalue weighted by atomic mass is 16.5. The first-order valence-electron chi connectivity index (χ1n) is 2.67. The first kappa shape index (κ1) is 3.87. The second kappa shape index (κ2) is 1.20. The first-order chi connectivity index (χ1) is 3.45. The van der Waals surface area contributed by atoms with Crippen molar-refractivity contribution >= 4 is 0 Å². The molecule has 0 aliphatic carbocycles. The summed E-state index contributed by atoms with van der Waals surface area (Å²) < 4.78 is 5.26.